The standard InChI is InChI=1S/C12H18N2O/c1-12(2,3)11-7-5-10(6-8-11)9-14(4)13-15/h5-8H,9H2,1-4H3. The molecule has 0 aliphatic rings. The van der Waals surface area contributed by atoms with Crippen LogP contribution in [0.15, 0.2) is 29.6 Å². The summed E-state index contributed by atoms with van der Waals surface area (Å²) >= 11 is 0. The van der Waals surface area contributed by atoms with Crippen LogP contribution in [0.1, 0.15) is 31.9 Å². The van der Waals surface area contributed by atoms with Gasteiger partial charge in [-0.2, -0.15) is 0 Å². The molecule has 1 aromatic carbocycles. The molecule has 0 amide bonds. The maximum absolute atomic E-state index is 10.2. The van der Waals surface area contributed by atoms with Gasteiger partial charge in [-0.1, -0.05) is 45.0 Å². The molecule has 3 nitrogen and oxygen atoms in total. The monoisotopic (exact) mass is 206 g/mol. The molecule has 0 aliphatic carbocycles. The molecule has 82 valence electrons. The van der Waals surface area contributed by atoms with Crippen molar-refractivity contribution in [3.8, 4) is 0 Å². The van der Waals surface area contributed by atoms with Gasteiger partial charge >= 0.3 is 0 Å². The van der Waals surface area contributed by atoms with Crippen LogP contribution in [0.25, 0.3) is 0 Å². The van der Waals surface area contributed by atoms with Crippen molar-refractivity contribution in [2.24, 2.45) is 5.29 Å². The summed E-state index contributed by atoms with van der Waals surface area (Å²) in [6.07, 6.45) is 0. The Morgan fingerprint density at radius 3 is 2.13 bits per heavy atom. The summed E-state index contributed by atoms with van der Waals surface area (Å²) in [7, 11) is 1.67. The zero-order valence-electron chi connectivity index (χ0n) is 9.82. The van der Waals surface area contributed by atoms with Crippen molar-refractivity contribution in [2.75, 3.05) is 7.05 Å². The van der Waals surface area contributed by atoms with Gasteiger partial charge in [-0.3, -0.25) is 5.01 Å². The number of hydrogen-bond donors (Lipinski definition) is 0. The summed E-state index contributed by atoms with van der Waals surface area (Å²) in [4.78, 5) is 10.2. The fraction of sp³-hybridized carbons (Fsp3) is 0.500. The molecule has 0 unspecified atom stereocenters. The number of nitroso groups, excluding NO2 is 1. The lowest BCUT2D eigenvalue weighted by Crippen LogP contribution is -2.12. The number of benzene rings is 1. The normalized spacial score (nSPS) is 11.2. The van der Waals surface area contributed by atoms with Crippen LogP contribution in [0.3, 0.4) is 0 Å². The minimum Gasteiger partial charge on any atom is -0.260 e. The number of hydrogen-bond acceptors (Lipinski definition) is 2. The quantitative estimate of drug-likeness (QED) is 0.562. The Labute approximate surface area is 91.0 Å². The number of nitrogens with zero attached hydrogens (tertiary/aromatic N) is 2. The van der Waals surface area contributed by atoms with Gasteiger partial charge in [0.25, 0.3) is 0 Å². The average molecular weight is 206 g/mol. The van der Waals surface area contributed by atoms with Crippen molar-refractivity contribution in [1.82, 2.24) is 5.01 Å². The van der Waals surface area contributed by atoms with Crippen LogP contribution in [0, 0.1) is 4.91 Å². The molecule has 0 fully saturated rings. The lowest BCUT2D eigenvalue weighted by atomic mass is 9.87. The van der Waals surface area contributed by atoms with E-state index < -0.39 is 0 Å². The Morgan fingerprint density at radius 2 is 1.73 bits per heavy atom. The van der Waals surface area contributed by atoms with E-state index in [2.05, 4.69) is 38.2 Å². The van der Waals surface area contributed by atoms with Crippen molar-refractivity contribution in [3.63, 3.8) is 0 Å². The van der Waals surface area contributed by atoms with Gasteiger partial charge < -0.3 is 0 Å². The molecule has 3 heteroatoms. The first kappa shape index (κ1) is 11.7. The highest BCUT2D eigenvalue weighted by atomic mass is 16.3. The number of rotatable bonds is 3. The van der Waals surface area contributed by atoms with Gasteiger partial charge in [0.05, 0.1) is 11.8 Å². The molecular weight excluding hydrogens is 188 g/mol. The van der Waals surface area contributed by atoms with E-state index in [1.807, 2.05) is 12.1 Å². The smallest absolute Gasteiger partial charge is 0.0639 e. The molecule has 0 saturated heterocycles. The van der Waals surface area contributed by atoms with Crippen molar-refractivity contribution in [1.29, 1.82) is 0 Å². The van der Waals surface area contributed by atoms with Crippen molar-refractivity contribution in [3.05, 3.63) is 40.3 Å². The molecular formula is C12H18N2O. The molecule has 1 rings (SSSR count). The molecule has 0 atom stereocenters. The Balaban J connectivity index is 2.77. The summed E-state index contributed by atoms with van der Waals surface area (Å²) in [6.45, 7) is 7.11. The van der Waals surface area contributed by atoms with Crippen molar-refractivity contribution in [2.45, 2.75) is 32.7 Å². The third-order valence-electron chi connectivity index (χ3n) is 2.37. The first-order chi connectivity index (χ1) is 6.93. The third kappa shape index (κ3) is 3.35. The molecule has 0 aliphatic heterocycles. The molecule has 0 N–H and O–H groups in total. The van der Waals surface area contributed by atoms with Crippen molar-refractivity contribution < 1.29 is 0 Å². The highest BCUT2D eigenvalue weighted by molar-refractivity contribution is 5.27. The second kappa shape index (κ2) is 4.43. The van der Waals surface area contributed by atoms with Gasteiger partial charge in [0.1, 0.15) is 0 Å². The Bertz CT molecular complexity index is 324. The van der Waals surface area contributed by atoms with Crippen LogP contribution >= 0.6 is 0 Å². The van der Waals surface area contributed by atoms with Gasteiger partial charge in [-0.05, 0) is 16.5 Å². The zero-order chi connectivity index (χ0) is 11.5. The van der Waals surface area contributed by atoms with E-state index in [0.29, 0.717) is 6.54 Å². The van der Waals surface area contributed by atoms with E-state index in [-0.39, 0.29) is 5.41 Å². The van der Waals surface area contributed by atoms with Crippen LogP contribution in [0.4, 0.5) is 0 Å². The summed E-state index contributed by atoms with van der Waals surface area (Å²) in [5.74, 6) is 0. The molecule has 15 heavy (non-hydrogen) atoms. The maximum atomic E-state index is 10.2. The van der Waals surface area contributed by atoms with E-state index >= 15 is 0 Å². The lowest BCUT2D eigenvalue weighted by molar-refractivity contribution is 0.341. The van der Waals surface area contributed by atoms with Crippen LogP contribution in [-0.2, 0) is 12.0 Å². The van der Waals surface area contributed by atoms with E-state index in [9.17, 15) is 4.91 Å². The summed E-state index contributed by atoms with van der Waals surface area (Å²) < 4.78 is 0. The van der Waals surface area contributed by atoms with E-state index in [4.69, 9.17) is 0 Å². The fourth-order valence-electron chi connectivity index (χ4n) is 1.40. The average Bonchev–Trinajstić information content (AvgIpc) is 2.17. The van der Waals surface area contributed by atoms with Crippen LogP contribution < -0.4 is 0 Å². The molecule has 0 radical (unpaired) electrons. The Hall–Kier alpha value is -1.38. The van der Waals surface area contributed by atoms with Gasteiger partial charge in [0.2, 0.25) is 0 Å². The van der Waals surface area contributed by atoms with Gasteiger partial charge in [0.15, 0.2) is 0 Å². The summed E-state index contributed by atoms with van der Waals surface area (Å²) in [5, 5.41) is 4.22. The fourth-order valence-corrected chi connectivity index (χ4v) is 1.40. The van der Waals surface area contributed by atoms with E-state index in [0.717, 1.165) is 5.56 Å². The summed E-state index contributed by atoms with van der Waals surface area (Å²) in [6, 6.07) is 8.30. The highest BCUT2D eigenvalue weighted by Crippen LogP contribution is 2.22. The molecule has 0 aromatic heterocycles. The van der Waals surface area contributed by atoms with Gasteiger partial charge in [-0.25, -0.2) is 0 Å². The van der Waals surface area contributed by atoms with Gasteiger partial charge in [-0.15, -0.1) is 4.91 Å². The maximum Gasteiger partial charge on any atom is 0.0639 e. The van der Waals surface area contributed by atoms with Crippen LogP contribution in [0.2, 0.25) is 0 Å². The topological polar surface area (TPSA) is 32.7 Å². The highest BCUT2D eigenvalue weighted by Gasteiger charge is 2.12. The predicted octanol–water partition coefficient (Wildman–Crippen LogP) is 3.10. The zero-order valence-corrected chi connectivity index (χ0v) is 9.82. The minimum absolute atomic E-state index is 0.174. The Morgan fingerprint density at radius 1 is 1.20 bits per heavy atom. The largest absolute Gasteiger partial charge is 0.260 e. The van der Waals surface area contributed by atoms with E-state index in [1.165, 1.54) is 10.6 Å². The van der Waals surface area contributed by atoms with Gasteiger partial charge in [0, 0.05) is 7.05 Å². The molecule has 0 spiro atoms. The van der Waals surface area contributed by atoms with Crippen molar-refractivity contribution >= 4 is 0 Å². The van der Waals surface area contributed by atoms with Crippen LogP contribution in [0.5, 0.6) is 0 Å². The first-order valence-electron chi connectivity index (χ1n) is 5.07. The molecule has 0 saturated carbocycles. The van der Waals surface area contributed by atoms with E-state index in [1.54, 1.807) is 7.05 Å². The minimum atomic E-state index is 0.174. The first-order valence-corrected chi connectivity index (χ1v) is 5.07. The lowest BCUT2D eigenvalue weighted by Gasteiger charge is -2.19. The summed E-state index contributed by atoms with van der Waals surface area (Å²) in [5.41, 5.74) is 2.57. The van der Waals surface area contributed by atoms with Crippen LogP contribution in [-0.4, -0.2) is 12.1 Å². The molecule has 0 heterocycles. The SMILES string of the molecule is CN(Cc1ccc(C(C)(C)C)cc1)N=O. The third-order valence-corrected chi connectivity index (χ3v) is 2.37. The molecule has 1 aromatic rings. The molecule has 0 bridgehead atoms. The second-order valence-electron chi connectivity index (χ2n) is 4.84. The second-order valence-corrected chi connectivity index (χ2v) is 4.84. The predicted molar refractivity (Wildman–Crippen MR) is 62.4 cm³/mol. The Kier molecular flexibility index (Phi) is 3.45.